The molecule has 1 nitrogen and oxygen atoms in total. The van der Waals surface area contributed by atoms with Gasteiger partial charge in [0, 0.05) is 17.2 Å². The zero-order valence-corrected chi connectivity index (χ0v) is 11.8. The largest absolute Gasteiger partial charge is 0.288 e. The molecular formula is C13H4Cl3F3O. The molecule has 0 amide bonds. The molecule has 0 unspecified atom stereocenters. The van der Waals surface area contributed by atoms with Crippen molar-refractivity contribution in [1.29, 1.82) is 0 Å². The van der Waals surface area contributed by atoms with Gasteiger partial charge in [-0.25, -0.2) is 13.2 Å². The smallest absolute Gasteiger partial charge is 0.201 e. The van der Waals surface area contributed by atoms with Gasteiger partial charge in [-0.05, 0) is 12.1 Å². The predicted octanol–water partition coefficient (Wildman–Crippen LogP) is 5.30. The highest BCUT2D eigenvalue weighted by atomic mass is 35.5. The maximum absolute atomic E-state index is 13.6. The van der Waals surface area contributed by atoms with E-state index in [2.05, 4.69) is 0 Å². The van der Waals surface area contributed by atoms with Crippen LogP contribution < -0.4 is 0 Å². The SMILES string of the molecule is O=C(c1c(F)cc(F)cc1F)c1c(Cl)cc(Cl)cc1Cl. The highest BCUT2D eigenvalue weighted by Gasteiger charge is 2.24. The molecule has 20 heavy (non-hydrogen) atoms. The van der Waals surface area contributed by atoms with Crippen molar-refractivity contribution in [3.63, 3.8) is 0 Å². The van der Waals surface area contributed by atoms with Crippen molar-refractivity contribution in [3.05, 3.63) is 67.9 Å². The normalized spacial score (nSPS) is 10.7. The van der Waals surface area contributed by atoms with Crippen LogP contribution in [0.25, 0.3) is 0 Å². The topological polar surface area (TPSA) is 17.1 Å². The lowest BCUT2D eigenvalue weighted by Gasteiger charge is -2.08. The second-order valence-electron chi connectivity index (χ2n) is 3.82. The van der Waals surface area contributed by atoms with Gasteiger partial charge in [-0.1, -0.05) is 34.8 Å². The highest BCUT2D eigenvalue weighted by Crippen LogP contribution is 2.32. The molecule has 0 aliphatic carbocycles. The Kier molecular flexibility index (Phi) is 4.28. The molecule has 2 aromatic rings. The molecule has 0 saturated heterocycles. The summed E-state index contributed by atoms with van der Waals surface area (Å²) in [5, 5.41) is -0.150. The van der Waals surface area contributed by atoms with Crippen molar-refractivity contribution in [2.75, 3.05) is 0 Å². The molecule has 0 radical (unpaired) electrons. The maximum Gasteiger partial charge on any atom is 0.201 e. The van der Waals surface area contributed by atoms with Gasteiger partial charge in [-0.15, -0.1) is 0 Å². The summed E-state index contributed by atoms with van der Waals surface area (Å²) in [5.41, 5.74) is -1.24. The van der Waals surface area contributed by atoms with Crippen LogP contribution >= 0.6 is 34.8 Å². The molecule has 0 bridgehead atoms. The van der Waals surface area contributed by atoms with Crippen molar-refractivity contribution in [2.24, 2.45) is 0 Å². The van der Waals surface area contributed by atoms with Gasteiger partial charge in [-0.2, -0.15) is 0 Å². The molecule has 0 aliphatic heterocycles. The van der Waals surface area contributed by atoms with E-state index in [9.17, 15) is 18.0 Å². The summed E-state index contributed by atoms with van der Waals surface area (Å²) in [7, 11) is 0. The van der Waals surface area contributed by atoms with E-state index in [1.165, 1.54) is 12.1 Å². The summed E-state index contributed by atoms with van der Waals surface area (Å²) in [4.78, 5) is 12.1. The summed E-state index contributed by atoms with van der Waals surface area (Å²) in [5.74, 6) is -4.90. The van der Waals surface area contributed by atoms with Gasteiger partial charge in [0.2, 0.25) is 5.78 Å². The minimum atomic E-state index is -1.34. The monoisotopic (exact) mass is 338 g/mol. The van der Waals surface area contributed by atoms with E-state index in [-0.39, 0.29) is 20.6 Å². The number of hydrogen-bond acceptors (Lipinski definition) is 1. The summed E-state index contributed by atoms with van der Waals surface area (Å²) < 4.78 is 40.0. The number of hydrogen-bond donors (Lipinski definition) is 0. The zero-order chi connectivity index (χ0) is 15.0. The molecule has 0 atom stereocenters. The van der Waals surface area contributed by atoms with Crippen LogP contribution in [-0.4, -0.2) is 5.78 Å². The van der Waals surface area contributed by atoms with Crippen LogP contribution in [-0.2, 0) is 0 Å². The first-order valence-corrected chi connectivity index (χ1v) is 6.28. The molecular weight excluding hydrogens is 335 g/mol. The van der Waals surface area contributed by atoms with E-state index in [0.717, 1.165) is 0 Å². The van der Waals surface area contributed by atoms with Gasteiger partial charge >= 0.3 is 0 Å². The molecule has 0 aromatic heterocycles. The van der Waals surface area contributed by atoms with E-state index >= 15 is 0 Å². The number of carbonyl (C=O) groups excluding carboxylic acids is 1. The van der Waals surface area contributed by atoms with Crippen LogP contribution in [0.1, 0.15) is 15.9 Å². The maximum atomic E-state index is 13.6. The Morgan fingerprint density at radius 3 is 1.70 bits per heavy atom. The Morgan fingerprint density at radius 1 is 0.800 bits per heavy atom. The number of rotatable bonds is 2. The summed E-state index contributed by atoms with van der Waals surface area (Å²) in [6.07, 6.45) is 0. The molecule has 0 N–H and O–H groups in total. The third-order valence-electron chi connectivity index (χ3n) is 2.47. The van der Waals surface area contributed by atoms with Gasteiger partial charge < -0.3 is 0 Å². The van der Waals surface area contributed by atoms with Crippen molar-refractivity contribution < 1.29 is 18.0 Å². The van der Waals surface area contributed by atoms with Crippen LogP contribution in [0, 0.1) is 17.5 Å². The van der Waals surface area contributed by atoms with E-state index in [1.807, 2.05) is 0 Å². The predicted molar refractivity (Wildman–Crippen MR) is 71.2 cm³/mol. The summed E-state index contributed by atoms with van der Waals surface area (Å²) in [6.45, 7) is 0. The Hall–Kier alpha value is -1.23. The van der Waals surface area contributed by atoms with Crippen LogP contribution in [0.3, 0.4) is 0 Å². The molecule has 0 aliphatic rings. The molecule has 2 rings (SSSR count). The van der Waals surface area contributed by atoms with Crippen LogP contribution in [0.4, 0.5) is 13.2 Å². The lowest BCUT2D eigenvalue weighted by Crippen LogP contribution is -2.09. The van der Waals surface area contributed by atoms with Crippen LogP contribution in [0.15, 0.2) is 24.3 Å². The Morgan fingerprint density at radius 2 is 1.25 bits per heavy atom. The zero-order valence-electron chi connectivity index (χ0n) is 9.49. The standard InChI is InChI=1S/C13H4Cl3F3O/c14-5-1-7(15)11(8(16)2-5)13(20)12-9(18)3-6(17)4-10(12)19/h1-4H. The van der Waals surface area contributed by atoms with E-state index in [1.54, 1.807) is 0 Å². The number of carbonyl (C=O) groups is 1. The number of benzene rings is 2. The van der Waals surface area contributed by atoms with Gasteiger partial charge in [0.05, 0.1) is 21.2 Å². The highest BCUT2D eigenvalue weighted by molar-refractivity contribution is 6.43. The first kappa shape index (κ1) is 15.2. The second-order valence-corrected chi connectivity index (χ2v) is 5.07. The van der Waals surface area contributed by atoms with Crippen molar-refractivity contribution in [2.45, 2.75) is 0 Å². The third-order valence-corrected chi connectivity index (χ3v) is 3.28. The van der Waals surface area contributed by atoms with Gasteiger partial charge in [0.15, 0.2) is 0 Å². The number of halogens is 6. The molecule has 2 aromatic carbocycles. The minimum absolute atomic E-state index is 0.157. The average Bonchev–Trinajstić information content (AvgIpc) is 2.25. The fourth-order valence-electron chi connectivity index (χ4n) is 1.64. The molecule has 0 saturated carbocycles. The van der Waals surface area contributed by atoms with Gasteiger partial charge in [0.1, 0.15) is 17.5 Å². The minimum Gasteiger partial charge on any atom is -0.288 e. The molecule has 0 spiro atoms. The van der Waals surface area contributed by atoms with Crippen molar-refractivity contribution >= 4 is 40.6 Å². The molecule has 0 fully saturated rings. The Bertz CT molecular complexity index is 610. The quantitative estimate of drug-likeness (QED) is 0.679. The summed E-state index contributed by atoms with van der Waals surface area (Å²) in [6, 6.07) is 3.21. The van der Waals surface area contributed by atoms with E-state index in [0.29, 0.717) is 12.1 Å². The third kappa shape index (κ3) is 2.77. The lowest BCUT2D eigenvalue weighted by molar-refractivity contribution is 0.103. The fourth-order valence-corrected chi connectivity index (χ4v) is 2.63. The van der Waals surface area contributed by atoms with Crippen molar-refractivity contribution in [3.8, 4) is 0 Å². The van der Waals surface area contributed by atoms with Gasteiger partial charge in [-0.3, -0.25) is 4.79 Å². The van der Waals surface area contributed by atoms with E-state index < -0.39 is 28.8 Å². The van der Waals surface area contributed by atoms with Crippen LogP contribution in [0.5, 0.6) is 0 Å². The molecule has 104 valence electrons. The lowest BCUT2D eigenvalue weighted by atomic mass is 10.0. The first-order valence-electron chi connectivity index (χ1n) is 5.15. The number of ketones is 1. The van der Waals surface area contributed by atoms with Gasteiger partial charge in [0.25, 0.3) is 0 Å². The molecule has 7 heteroatoms. The summed E-state index contributed by atoms with van der Waals surface area (Å²) >= 11 is 17.3. The Balaban J connectivity index is 2.64. The second kappa shape index (κ2) is 5.64. The van der Waals surface area contributed by atoms with Crippen LogP contribution in [0.2, 0.25) is 15.1 Å². The average molecular weight is 340 g/mol. The first-order chi connectivity index (χ1) is 9.31. The molecule has 0 heterocycles. The fraction of sp³-hybridized carbons (Fsp3) is 0. The van der Waals surface area contributed by atoms with Crippen molar-refractivity contribution in [1.82, 2.24) is 0 Å². The van der Waals surface area contributed by atoms with E-state index in [4.69, 9.17) is 34.8 Å². The Labute approximate surface area is 126 Å².